The predicted molar refractivity (Wildman–Crippen MR) is 123 cm³/mol. The van der Waals surface area contributed by atoms with Crippen LogP contribution in [0.2, 0.25) is 0 Å². The van der Waals surface area contributed by atoms with E-state index in [9.17, 15) is 5.11 Å². The lowest BCUT2D eigenvalue weighted by atomic mass is 9.86. The van der Waals surface area contributed by atoms with E-state index in [1.165, 1.54) is 16.7 Å². The molecule has 0 aliphatic rings. The standard InChI is InChI=1S/C27H28N2O2/c1-31-24-14-12-23(13-15-24)25(22-10-6-3-7-11-22)16-17-27(30)26-18-28-20-29(26)19-21-8-4-2-5-9-21/h2-15,18,20,25,27,30H,16-17,19H2,1H3. The molecule has 31 heavy (non-hydrogen) atoms. The van der Waals surface area contributed by atoms with Crippen molar-refractivity contribution in [3.8, 4) is 5.75 Å². The summed E-state index contributed by atoms with van der Waals surface area (Å²) in [5.41, 5.74) is 4.51. The molecule has 1 N–H and O–H groups in total. The molecule has 0 saturated carbocycles. The second-order valence-corrected chi connectivity index (χ2v) is 7.76. The van der Waals surface area contributed by atoms with Crippen molar-refractivity contribution in [1.29, 1.82) is 0 Å². The molecule has 4 nitrogen and oxygen atoms in total. The molecule has 158 valence electrons. The molecule has 3 aromatic carbocycles. The topological polar surface area (TPSA) is 47.3 Å². The van der Waals surface area contributed by atoms with Crippen molar-refractivity contribution in [1.82, 2.24) is 9.55 Å². The second kappa shape index (κ2) is 10.1. The first kappa shape index (κ1) is 20.9. The van der Waals surface area contributed by atoms with Crippen LogP contribution in [0.1, 0.15) is 47.2 Å². The maximum atomic E-state index is 11.0. The first-order valence-electron chi connectivity index (χ1n) is 10.7. The van der Waals surface area contributed by atoms with Gasteiger partial charge >= 0.3 is 0 Å². The Morgan fingerprint density at radius 1 is 0.839 bits per heavy atom. The van der Waals surface area contributed by atoms with Crippen molar-refractivity contribution >= 4 is 0 Å². The second-order valence-electron chi connectivity index (χ2n) is 7.76. The molecule has 2 atom stereocenters. The Labute approximate surface area is 183 Å². The van der Waals surface area contributed by atoms with Crippen LogP contribution in [0.15, 0.2) is 97.5 Å². The largest absolute Gasteiger partial charge is 0.497 e. The zero-order valence-electron chi connectivity index (χ0n) is 17.8. The molecule has 1 aromatic heterocycles. The number of benzene rings is 3. The van der Waals surface area contributed by atoms with Crippen molar-refractivity contribution in [2.24, 2.45) is 0 Å². The van der Waals surface area contributed by atoms with E-state index >= 15 is 0 Å². The summed E-state index contributed by atoms with van der Waals surface area (Å²) in [6, 6.07) is 28.9. The Balaban J connectivity index is 1.50. The lowest BCUT2D eigenvalue weighted by molar-refractivity contribution is 0.154. The summed E-state index contributed by atoms with van der Waals surface area (Å²) in [4.78, 5) is 4.29. The van der Waals surface area contributed by atoms with Gasteiger partial charge in [-0.25, -0.2) is 4.98 Å². The predicted octanol–water partition coefficient (Wildman–Crippen LogP) is 5.59. The highest BCUT2D eigenvalue weighted by atomic mass is 16.5. The fourth-order valence-electron chi connectivity index (χ4n) is 4.04. The lowest BCUT2D eigenvalue weighted by Crippen LogP contribution is -2.10. The highest BCUT2D eigenvalue weighted by Gasteiger charge is 2.19. The van der Waals surface area contributed by atoms with Crippen LogP contribution < -0.4 is 4.74 Å². The number of rotatable bonds is 9. The Bertz CT molecular complexity index is 1060. The minimum Gasteiger partial charge on any atom is -0.497 e. The van der Waals surface area contributed by atoms with E-state index in [2.05, 4.69) is 53.5 Å². The van der Waals surface area contributed by atoms with Crippen molar-refractivity contribution in [2.75, 3.05) is 7.11 Å². The quantitative estimate of drug-likeness (QED) is 0.390. The van der Waals surface area contributed by atoms with Crippen LogP contribution in [0, 0.1) is 0 Å². The van der Waals surface area contributed by atoms with Crippen LogP contribution in [0.4, 0.5) is 0 Å². The summed E-state index contributed by atoms with van der Waals surface area (Å²) < 4.78 is 7.35. The van der Waals surface area contributed by atoms with Crippen LogP contribution in [0.5, 0.6) is 5.75 Å². The number of ether oxygens (including phenoxy) is 1. The highest BCUT2D eigenvalue weighted by molar-refractivity contribution is 5.36. The summed E-state index contributed by atoms with van der Waals surface area (Å²) >= 11 is 0. The Kier molecular flexibility index (Phi) is 6.80. The normalized spacial score (nSPS) is 13.0. The molecule has 4 heteroatoms. The number of hydrogen-bond acceptors (Lipinski definition) is 3. The average Bonchev–Trinajstić information content (AvgIpc) is 3.29. The van der Waals surface area contributed by atoms with E-state index < -0.39 is 6.10 Å². The molecule has 2 unspecified atom stereocenters. The third-order valence-corrected chi connectivity index (χ3v) is 5.73. The van der Waals surface area contributed by atoms with Crippen LogP contribution in [0.25, 0.3) is 0 Å². The van der Waals surface area contributed by atoms with Gasteiger partial charge in [0.2, 0.25) is 0 Å². The SMILES string of the molecule is COc1ccc(C(CCC(O)c2cncn2Cc2ccccc2)c2ccccc2)cc1. The third kappa shape index (κ3) is 5.22. The summed E-state index contributed by atoms with van der Waals surface area (Å²) in [7, 11) is 1.68. The van der Waals surface area contributed by atoms with Gasteiger partial charge < -0.3 is 14.4 Å². The van der Waals surface area contributed by atoms with Crippen LogP contribution in [-0.2, 0) is 6.54 Å². The molecular weight excluding hydrogens is 384 g/mol. The van der Waals surface area contributed by atoms with Gasteiger partial charge in [0.1, 0.15) is 5.75 Å². The zero-order valence-corrected chi connectivity index (χ0v) is 17.8. The number of hydrogen-bond donors (Lipinski definition) is 1. The summed E-state index contributed by atoms with van der Waals surface area (Å²) in [6.45, 7) is 0.702. The Morgan fingerprint density at radius 3 is 2.16 bits per heavy atom. The average molecular weight is 413 g/mol. The van der Waals surface area contributed by atoms with Gasteiger partial charge in [-0.3, -0.25) is 0 Å². The molecule has 0 spiro atoms. The lowest BCUT2D eigenvalue weighted by Gasteiger charge is -2.21. The van der Waals surface area contributed by atoms with E-state index in [1.807, 2.05) is 41.0 Å². The minimum absolute atomic E-state index is 0.201. The maximum Gasteiger partial charge on any atom is 0.118 e. The van der Waals surface area contributed by atoms with Gasteiger partial charge in [0.15, 0.2) is 0 Å². The molecule has 0 radical (unpaired) electrons. The number of aliphatic hydroxyl groups excluding tert-OH is 1. The van der Waals surface area contributed by atoms with Gasteiger partial charge in [-0.1, -0.05) is 72.8 Å². The van der Waals surface area contributed by atoms with Crippen molar-refractivity contribution in [3.63, 3.8) is 0 Å². The summed E-state index contributed by atoms with van der Waals surface area (Å²) in [5, 5.41) is 11.0. The summed E-state index contributed by atoms with van der Waals surface area (Å²) in [5.74, 6) is 1.05. The van der Waals surface area contributed by atoms with Crippen molar-refractivity contribution in [3.05, 3.63) is 120 Å². The molecule has 1 heterocycles. The van der Waals surface area contributed by atoms with Crippen LogP contribution in [-0.4, -0.2) is 21.8 Å². The highest BCUT2D eigenvalue weighted by Crippen LogP contribution is 2.33. The minimum atomic E-state index is -0.573. The first-order valence-corrected chi connectivity index (χ1v) is 10.7. The molecule has 0 fully saturated rings. The number of imidazole rings is 1. The first-order chi connectivity index (χ1) is 15.2. The molecule has 0 saturated heterocycles. The van der Waals surface area contributed by atoms with E-state index in [0.29, 0.717) is 13.0 Å². The van der Waals surface area contributed by atoms with Crippen molar-refractivity contribution in [2.45, 2.75) is 31.4 Å². The summed E-state index contributed by atoms with van der Waals surface area (Å²) in [6.07, 6.45) is 4.47. The fourth-order valence-corrected chi connectivity index (χ4v) is 4.04. The molecular formula is C27H28N2O2. The number of methoxy groups -OCH3 is 1. The van der Waals surface area contributed by atoms with E-state index in [1.54, 1.807) is 19.6 Å². The van der Waals surface area contributed by atoms with Gasteiger partial charge in [-0.05, 0) is 41.7 Å². The van der Waals surface area contributed by atoms with Crippen LogP contribution >= 0.6 is 0 Å². The van der Waals surface area contributed by atoms with Gasteiger partial charge in [-0.2, -0.15) is 0 Å². The Hall–Kier alpha value is -3.37. The third-order valence-electron chi connectivity index (χ3n) is 5.73. The molecule has 0 aliphatic carbocycles. The molecule has 4 rings (SSSR count). The van der Waals surface area contributed by atoms with Crippen LogP contribution in [0.3, 0.4) is 0 Å². The maximum absolute atomic E-state index is 11.0. The molecule has 4 aromatic rings. The van der Waals surface area contributed by atoms with Crippen molar-refractivity contribution < 1.29 is 9.84 Å². The molecule has 0 amide bonds. The number of aromatic nitrogens is 2. The number of nitrogens with zero attached hydrogens (tertiary/aromatic N) is 2. The molecule has 0 bridgehead atoms. The number of aliphatic hydroxyl groups is 1. The zero-order chi connectivity index (χ0) is 21.5. The van der Waals surface area contributed by atoms with E-state index in [-0.39, 0.29) is 5.92 Å². The van der Waals surface area contributed by atoms with Gasteiger partial charge in [0, 0.05) is 12.5 Å². The van der Waals surface area contributed by atoms with E-state index in [0.717, 1.165) is 17.9 Å². The van der Waals surface area contributed by atoms with E-state index in [4.69, 9.17) is 4.74 Å². The van der Waals surface area contributed by atoms with Gasteiger partial charge in [0.25, 0.3) is 0 Å². The Morgan fingerprint density at radius 2 is 1.48 bits per heavy atom. The monoisotopic (exact) mass is 412 g/mol. The van der Waals surface area contributed by atoms with Gasteiger partial charge in [0.05, 0.1) is 31.4 Å². The molecule has 0 aliphatic heterocycles. The fraction of sp³-hybridized carbons (Fsp3) is 0.222. The van der Waals surface area contributed by atoms with Gasteiger partial charge in [-0.15, -0.1) is 0 Å². The smallest absolute Gasteiger partial charge is 0.118 e.